The number of rotatable bonds is 0. The average molecular weight is 197 g/mol. The molecule has 0 spiro atoms. The molecule has 76 valence electrons. The van der Waals surface area contributed by atoms with Crippen molar-refractivity contribution in [1.82, 2.24) is 0 Å². The summed E-state index contributed by atoms with van der Waals surface area (Å²) in [6.07, 6.45) is 0.471. The van der Waals surface area contributed by atoms with E-state index < -0.39 is 11.6 Å². The van der Waals surface area contributed by atoms with E-state index >= 15 is 0 Å². The van der Waals surface area contributed by atoms with Gasteiger partial charge in [0.15, 0.2) is 0 Å². The van der Waals surface area contributed by atoms with Crippen LogP contribution in [0.5, 0.6) is 0 Å². The van der Waals surface area contributed by atoms with E-state index in [1.54, 1.807) is 0 Å². The Balaban J connectivity index is 2.45. The first kappa shape index (κ1) is 9.05. The van der Waals surface area contributed by atoms with Gasteiger partial charge in [0.05, 0.1) is 11.3 Å². The molecule has 2 rings (SSSR count). The van der Waals surface area contributed by atoms with Gasteiger partial charge in [-0.25, -0.2) is 4.79 Å². The Morgan fingerprint density at radius 3 is 2.86 bits per heavy atom. The maximum absolute atomic E-state index is 11.2. The molecule has 1 N–H and O–H groups in total. The topological polar surface area (TPSA) is 68.1 Å². The normalized spacial score (nSPS) is 27.3. The second-order valence-electron chi connectivity index (χ2n) is 3.97. The zero-order chi connectivity index (χ0) is 10.3. The molecular weight excluding hydrogens is 186 g/mol. The van der Waals surface area contributed by atoms with Crippen molar-refractivity contribution < 1.29 is 19.5 Å². The summed E-state index contributed by atoms with van der Waals surface area (Å²) < 4.78 is 10.3. The van der Waals surface area contributed by atoms with Gasteiger partial charge in [0.1, 0.15) is 12.2 Å². The lowest BCUT2D eigenvalue weighted by Crippen LogP contribution is -2.34. The molecule has 5 heteroatoms. The first-order valence-corrected chi connectivity index (χ1v) is 4.34. The Morgan fingerprint density at radius 2 is 2.21 bits per heavy atom. The molecule has 2 aliphatic heterocycles. The predicted molar refractivity (Wildman–Crippen MR) is 47.0 cm³/mol. The largest absolute Gasteiger partial charge is 0.480 e. The van der Waals surface area contributed by atoms with E-state index in [0.717, 1.165) is 0 Å². The predicted octanol–water partition coefficient (Wildman–Crippen LogP) is 0.826. The molecule has 0 aliphatic carbocycles. The molecule has 0 saturated heterocycles. The minimum Gasteiger partial charge on any atom is -0.480 e. The number of nitrogens with zero attached hydrogens (tertiary/aromatic N) is 1. The van der Waals surface area contributed by atoms with Gasteiger partial charge in [0, 0.05) is 6.42 Å². The minimum absolute atomic E-state index is 0.143. The standard InChI is InChI=1S/C9H11NO4/c1-9(2)3-6(10-12)5-4-13-8(11)7(5)14-9/h12H,3-4H2,1-2H3. The van der Waals surface area contributed by atoms with Crippen LogP contribution in [0.15, 0.2) is 16.5 Å². The third-order valence-corrected chi connectivity index (χ3v) is 2.25. The molecule has 0 bridgehead atoms. The quantitative estimate of drug-likeness (QED) is 0.354. The van der Waals surface area contributed by atoms with E-state index in [0.29, 0.717) is 17.7 Å². The maximum atomic E-state index is 11.2. The van der Waals surface area contributed by atoms with Crippen molar-refractivity contribution in [1.29, 1.82) is 0 Å². The van der Waals surface area contributed by atoms with Crippen LogP contribution in [0.3, 0.4) is 0 Å². The summed E-state index contributed by atoms with van der Waals surface area (Å²) in [6.45, 7) is 3.80. The zero-order valence-electron chi connectivity index (χ0n) is 8.03. The molecule has 0 atom stereocenters. The van der Waals surface area contributed by atoms with E-state index in [9.17, 15) is 4.79 Å². The second kappa shape index (κ2) is 2.73. The lowest BCUT2D eigenvalue weighted by atomic mass is 9.93. The summed E-state index contributed by atoms with van der Waals surface area (Å²) in [6, 6.07) is 0. The van der Waals surface area contributed by atoms with Gasteiger partial charge >= 0.3 is 5.97 Å². The monoisotopic (exact) mass is 197 g/mol. The smallest absolute Gasteiger partial charge is 0.374 e. The Kier molecular flexibility index (Phi) is 1.77. The van der Waals surface area contributed by atoms with Gasteiger partial charge < -0.3 is 14.7 Å². The van der Waals surface area contributed by atoms with E-state index in [-0.39, 0.29) is 12.4 Å². The Hall–Kier alpha value is -1.52. The van der Waals surface area contributed by atoms with Crippen molar-refractivity contribution in [2.24, 2.45) is 5.16 Å². The second-order valence-corrected chi connectivity index (χ2v) is 3.97. The van der Waals surface area contributed by atoms with Crippen LogP contribution < -0.4 is 0 Å². The van der Waals surface area contributed by atoms with Crippen LogP contribution >= 0.6 is 0 Å². The molecular formula is C9H11NO4. The lowest BCUT2D eigenvalue weighted by Gasteiger charge is -2.30. The SMILES string of the molecule is CC1(C)CC(=NO)C2=C(O1)C(=O)OC2. The van der Waals surface area contributed by atoms with Crippen LogP contribution in [-0.4, -0.2) is 29.1 Å². The van der Waals surface area contributed by atoms with E-state index in [4.69, 9.17) is 14.7 Å². The molecule has 0 fully saturated rings. The fraction of sp³-hybridized carbons (Fsp3) is 0.556. The number of carbonyl (C=O) groups is 1. The molecule has 0 amide bonds. The van der Waals surface area contributed by atoms with Crippen LogP contribution in [-0.2, 0) is 14.3 Å². The van der Waals surface area contributed by atoms with Crippen molar-refractivity contribution in [2.45, 2.75) is 25.9 Å². The fourth-order valence-corrected chi connectivity index (χ4v) is 1.63. The van der Waals surface area contributed by atoms with Gasteiger partial charge in [0.25, 0.3) is 0 Å². The summed E-state index contributed by atoms with van der Waals surface area (Å²) >= 11 is 0. The average Bonchev–Trinajstić information content (AvgIpc) is 2.45. The van der Waals surface area contributed by atoms with Crippen molar-refractivity contribution >= 4 is 11.7 Å². The van der Waals surface area contributed by atoms with Gasteiger partial charge in [-0.05, 0) is 13.8 Å². The number of hydrogen-bond acceptors (Lipinski definition) is 5. The van der Waals surface area contributed by atoms with Crippen LogP contribution in [0, 0.1) is 0 Å². The Bertz CT molecular complexity index is 354. The Labute approximate surface area is 81.0 Å². The van der Waals surface area contributed by atoms with E-state index in [1.807, 2.05) is 13.8 Å². The zero-order valence-corrected chi connectivity index (χ0v) is 8.03. The first-order valence-electron chi connectivity index (χ1n) is 4.34. The first-order chi connectivity index (χ1) is 6.53. The molecule has 0 aromatic carbocycles. The van der Waals surface area contributed by atoms with Crippen molar-refractivity contribution in [2.75, 3.05) is 6.61 Å². The highest BCUT2D eigenvalue weighted by Crippen LogP contribution is 2.33. The lowest BCUT2D eigenvalue weighted by molar-refractivity contribution is -0.141. The van der Waals surface area contributed by atoms with Gasteiger partial charge in [-0.2, -0.15) is 0 Å². The van der Waals surface area contributed by atoms with E-state index in [2.05, 4.69) is 5.16 Å². The van der Waals surface area contributed by atoms with Gasteiger partial charge in [0.2, 0.25) is 5.76 Å². The van der Waals surface area contributed by atoms with Crippen molar-refractivity contribution in [3.63, 3.8) is 0 Å². The highest BCUT2D eigenvalue weighted by molar-refractivity contribution is 6.09. The highest BCUT2D eigenvalue weighted by Gasteiger charge is 2.40. The molecule has 0 saturated carbocycles. The molecule has 5 nitrogen and oxygen atoms in total. The molecule has 0 radical (unpaired) electrons. The molecule has 0 aromatic heterocycles. The maximum Gasteiger partial charge on any atom is 0.374 e. The van der Waals surface area contributed by atoms with Gasteiger partial charge in [-0.3, -0.25) is 0 Å². The number of ether oxygens (including phenoxy) is 2. The summed E-state index contributed by atoms with van der Waals surface area (Å²) in [7, 11) is 0. The molecule has 0 aromatic rings. The van der Waals surface area contributed by atoms with Crippen LogP contribution in [0.25, 0.3) is 0 Å². The van der Waals surface area contributed by atoms with Crippen LogP contribution in [0.1, 0.15) is 20.3 Å². The number of oxime groups is 1. The van der Waals surface area contributed by atoms with Gasteiger partial charge in [-0.1, -0.05) is 5.16 Å². The van der Waals surface area contributed by atoms with Crippen LogP contribution in [0.4, 0.5) is 0 Å². The molecule has 0 unspecified atom stereocenters. The number of cyclic esters (lactones) is 1. The number of esters is 1. The fourth-order valence-electron chi connectivity index (χ4n) is 1.63. The summed E-state index contributed by atoms with van der Waals surface area (Å²) in [5.41, 5.74) is 0.517. The van der Waals surface area contributed by atoms with E-state index in [1.165, 1.54) is 0 Å². The Morgan fingerprint density at radius 1 is 1.50 bits per heavy atom. The molecule has 2 heterocycles. The van der Waals surface area contributed by atoms with Crippen molar-refractivity contribution in [3.05, 3.63) is 11.3 Å². The molecule has 14 heavy (non-hydrogen) atoms. The van der Waals surface area contributed by atoms with Crippen LogP contribution in [0.2, 0.25) is 0 Å². The highest BCUT2D eigenvalue weighted by atomic mass is 16.6. The third-order valence-electron chi connectivity index (χ3n) is 2.25. The molecule has 2 aliphatic rings. The summed E-state index contributed by atoms with van der Waals surface area (Å²) in [5, 5.41) is 12.0. The third kappa shape index (κ3) is 1.25. The number of hydrogen-bond donors (Lipinski definition) is 1. The minimum atomic E-state index is -0.524. The summed E-state index contributed by atoms with van der Waals surface area (Å²) in [4.78, 5) is 11.2. The number of carbonyl (C=O) groups excluding carboxylic acids is 1. The van der Waals surface area contributed by atoms with Crippen molar-refractivity contribution in [3.8, 4) is 0 Å². The summed E-state index contributed by atoms with van der Waals surface area (Å²) in [5.74, 6) is -0.289. The van der Waals surface area contributed by atoms with Gasteiger partial charge in [-0.15, -0.1) is 0 Å².